The zero-order valence-corrected chi connectivity index (χ0v) is 13.4. The van der Waals surface area contributed by atoms with Crippen LogP contribution in [0.4, 0.5) is 5.69 Å². The quantitative estimate of drug-likeness (QED) is 0.805. The number of amides is 1. The number of ether oxygens (including phenoxy) is 1. The fraction of sp³-hybridized carbons (Fsp3) is 0.211. The van der Waals surface area contributed by atoms with E-state index in [9.17, 15) is 4.79 Å². The number of allylic oxidation sites excluding steroid dienone is 1. The molecule has 0 aliphatic carbocycles. The second-order valence-electron chi connectivity index (χ2n) is 5.19. The maximum absolute atomic E-state index is 12.1. The van der Waals surface area contributed by atoms with E-state index < -0.39 is 0 Å². The average molecular weight is 311 g/mol. The summed E-state index contributed by atoms with van der Waals surface area (Å²) >= 11 is 0. The first-order chi connectivity index (χ1) is 11.1. The monoisotopic (exact) mass is 311 g/mol. The van der Waals surface area contributed by atoms with Crippen molar-refractivity contribution in [1.82, 2.24) is 0 Å². The summed E-state index contributed by atoms with van der Waals surface area (Å²) in [6.07, 6.45) is 2.17. The molecule has 2 aromatic carbocycles. The molecule has 0 aliphatic heterocycles. The topological polar surface area (TPSA) is 58.6 Å². The van der Waals surface area contributed by atoms with Crippen LogP contribution < -0.4 is 10.1 Å². The molecule has 0 saturated heterocycles. The fourth-order valence-corrected chi connectivity index (χ4v) is 2.31. The summed E-state index contributed by atoms with van der Waals surface area (Å²) in [4.78, 5) is 12.1. The maximum atomic E-state index is 12.1. The van der Waals surface area contributed by atoms with Crippen LogP contribution in [0.3, 0.4) is 0 Å². The number of carbonyl (C=O) groups excluding carboxylic acids is 1. The molecule has 0 unspecified atom stereocenters. The van der Waals surface area contributed by atoms with Crippen molar-refractivity contribution >= 4 is 17.2 Å². The Balaban J connectivity index is 2.08. The summed E-state index contributed by atoms with van der Waals surface area (Å²) < 4.78 is 5.31. The lowest BCUT2D eigenvalue weighted by molar-refractivity contribution is -0.111. The van der Waals surface area contributed by atoms with Gasteiger partial charge in [0.05, 0.1) is 7.11 Å². The standard InChI is InChI=1S/C19H21NO3/c1-14(17-5-3-4-6-18(17)23-2)13-19(22)20-16-9-7-15(8-10-16)11-12-21/h3-10,13,21H,11-12H2,1-2H3,(H,20,22)/b14-13+. The van der Waals surface area contributed by atoms with Crippen LogP contribution in [0.15, 0.2) is 54.6 Å². The molecule has 0 aliphatic rings. The highest BCUT2D eigenvalue weighted by Crippen LogP contribution is 2.25. The van der Waals surface area contributed by atoms with Crippen molar-refractivity contribution in [3.63, 3.8) is 0 Å². The van der Waals surface area contributed by atoms with Crippen LogP contribution in [0.5, 0.6) is 5.75 Å². The first-order valence-corrected chi connectivity index (χ1v) is 7.46. The zero-order chi connectivity index (χ0) is 16.7. The molecule has 0 bridgehead atoms. The van der Waals surface area contributed by atoms with Gasteiger partial charge in [0.25, 0.3) is 0 Å². The van der Waals surface area contributed by atoms with Gasteiger partial charge in [0.2, 0.25) is 5.91 Å². The number of anilines is 1. The third kappa shape index (κ3) is 4.69. The lowest BCUT2D eigenvalue weighted by atomic mass is 10.1. The van der Waals surface area contributed by atoms with Crippen LogP contribution in [0.25, 0.3) is 5.57 Å². The van der Waals surface area contributed by atoms with Crippen molar-refractivity contribution in [3.05, 3.63) is 65.7 Å². The first-order valence-electron chi connectivity index (χ1n) is 7.46. The Bertz CT molecular complexity index is 690. The molecule has 2 rings (SSSR count). The lowest BCUT2D eigenvalue weighted by Crippen LogP contribution is -2.08. The smallest absolute Gasteiger partial charge is 0.248 e. The predicted octanol–water partition coefficient (Wildman–Crippen LogP) is 3.27. The van der Waals surface area contributed by atoms with E-state index in [2.05, 4.69) is 5.32 Å². The lowest BCUT2D eigenvalue weighted by Gasteiger charge is -2.09. The first kappa shape index (κ1) is 16.8. The van der Waals surface area contributed by atoms with Gasteiger partial charge in [-0.3, -0.25) is 4.79 Å². The number of benzene rings is 2. The van der Waals surface area contributed by atoms with Crippen LogP contribution in [0, 0.1) is 0 Å². The molecule has 1 amide bonds. The number of aliphatic hydroxyl groups excluding tert-OH is 1. The van der Waals surface area contributed by atoms with Gasteiger partial charge in [-0.25, -0.2) is 0 Å². The summed E-state index contributed by atoms with van der Waals surface area (Å²) in [5.41, 5.74) is 3.48. The Morgan fingerprint density at radius 2 is 1.87 bits per heavy atom. The highest BCUT2D eigenvalue weighted by atomic mass is 16.5. The number of aliphatic hydroxyl groups is 1. The largest absolute Gasteiger partial charge is 0.496 e. The minimum Gasteiger partial charge on any atom is -0.496 e. The Hall–Kier alpha value is -2.59. The van der Waals surface area contributed by atoms with Gasteiger partial charge in [-0.1, -0.05) is 30.3 Å². The van der Waals surface area contributed by atoms with Gasteiger partial charge in [0, 0.05) is 23.9 Å². The van der Waals surface area contributed by atoms with Gasteiger partial charge < -0.3 is 15.2 Å². The Kier molecular flexibility index (Phi) is 5.94. The van der Waals surface area contributed by atoms with E-state index in [1.54, 1.807) is 13.2 Å². The average Bonchev–Trinajstić information content (AvgIpc) is 2.56. The van der Waals surface area contributed by atoms with Crippen molar-refractivity contribution in [2.45, 2.75) is 13.3 Å². The fourth-order valence-electron chi connectivity index (χ4n) is 2.31. The van der Waals surface area contributed by atoms with Gasteiger partial charge in [0.1, 0.15) is 5.75 Å². The molecule has 0 aromatic heterocycles. The minimum absolute atomic E-state index is 0.118. The van der Waals surface area contributed by atoms with Crippen LogP contribution in [0.2, 0.25) is 0 Å². The molecule has 0 heterocycles. The van der Waals surface area contributed by atoms with Crippen molar-refractivity contribution in [1.29, 1.82) is 0 Å². The van der Waals surface area contributed by atoms with Crippen LogP contribution in [-0.2, 0) is 11.2 Å². The van der Waals surface area contributed by atoms with Crippen molar-refractivity contribution in [2.24, 2.45) is 0 Å². The molecular formula is C19H21NO3. The van der Waals surface area contributed by atoms with E-state index >= 15 is 0 Å². The predicted molar refractivity (Wildman–Crippen MR) is 92.5 cm³/mol. The van der Waals surface area contributed by atoms with Gasteiger partial charge in [0.15, 0.2) is 0 Å². The maximum Gasteiger partial charge on any atom is 0.248 e. The van der Waals surface area contributed by atoms with E-state index in [-0.39, 0.29) is 12.5 Å². The van der Waals surface area contributed by atoms with Crippen molar-refractivity contribution in [3.8, 4) is 5.75 Å². The molecule has 2 aromatic rings. The molecule has 23 heavy (non-hydrogen) atoms. The molecule has 4 heteroatoms. The summed E-state index contributed by atoms with van der Waals surface area (Å²) in [7, 11) is 1.61. The molecule has 0 radical (unpaired) electrons. The number of rotatable bonds is 6. The number of hydrogen-bond donors (Lipinski definition) is 2. The summed E-state index contributed by atoms with van der Waals surface area (Å²) in [6.45, 7) is 1.99. The Labute approximate surface area is 136 Å². The van der Waals surface area contributed by atoms with E-state index in [0.717, 1.165) is 28.1 Å². The van der Waals surface area contributed by atoms with E-state index in [1.807, 2.05) is 55.5 Å². The number of hydrogen-bond acceptors (Lipinski definition) is 3. The van der Waals surface area contributed by atoms with Crippen molar-refractivity contribution < 1.29 is 14.6 Å². The number of nitrogens with one attached hydrogen (secondary N) is 1. The van der Waals surface area contributed by atoms with Crippen LogP contribution in [-0.4, -0.2) is 24.7 Å². The SMILES string of the molecule is COc1ccccc1/C(C)=C/C(=O)Nc1ccc(CCO)cc1. The second-order valence-corrected chi connectivity index (χ2v) is 5.19. The minimum atomic E-state index is -0.191. The molecular weight excluding hydrogens is 290 g/mol. The molecule has 2 N–H and O–H groups in total. The molecule has 120 valence electrons. The third-order valence-corrected chi connectivity index (χ3v) is 3.50. The van der Waals surface area contributed by atoms with E-state index in [1.165, 1.54) is 0 Å². The molecule has 0 spiro atoms. The van der Waals surface area contributed by atoms with Crippen molar-refractivity contribution in [2.75, 3.05) is 19.0 Å². The molecule has 0 saturated carbocycles. The summed E-state index contributed by atoms with van der Waals surface area (Å²) in [5.74, 6) is 0.547. The van der Waals surface area contributed by atoms with Gasteiger partial charge in [-0.2, -0.15) is 0 Å². The van der Waals surface area contributed by atoms with E-state index in [4.69, 9.17) is 9.84 Å². The normalized spacial score (nSPS) is 11.2. The van der Waals surface area contributed by atoms with Crippen LogP contribution in [0.1, 0.15) is 18.1 Å². The zero-order valence-electron chi connectivity index (χ0n) is 13.4. The molecule has 0 atom stereocenters. The third-order valence-electron chi connectivity index (χ3n) is 3.50. The number of methoxy groups -OCH3 is 1. The van der Waals surface area contributed by atoms with E-state index in [0.29, 0.717) is 6.42 Å². The Morgan fingerprint density at radius 3 is 2.52 bits per heavy atom. The second kappa shape index (κ2) is 8.15. The number of carbonyl (C=O) groups is 1. The van der Waals surface area contributed by atoms with Gasteiger partial charge in [-0.05, 0) is 42.7 Å². The molecule has 4 nitrogen and oxygen atoms in total. The Morgan fingerprint density at radius 1 is 1.17 bits per heavy atom. The highest BCUT2D eigenvalue weighted by Gasteiger charge is 2.06. The summed E-state index contributed by atoms with van der Waals surface area (Å²) in [5, 5.41) is 11.7. The molecule has 0 fully saturated rings. The number of para-hydroxylation sites is 1. The van der Waals surface area contributed by atoms with Crippen LogP contribution >= 0.6 is 0 Å². The van der Waals surface area contributed by atoms with Gasteiger partial charge >= 0.3 is 0 Å². The summed E-state index contributed by atoms with van der Waals surface area (Å²) in [6, 6.07) is 15.0. The highest BCUT2D eigenvalue weighted by molar-refractivity contribution is 6.04. The van der Waals surface area contributed by atoms with Gasteiger partial charge in [-0.15, -0.1) is 0 Å².